The molecule has 2 N–H and O–H groups in total. The second kappa shape index (κ2) is 5.96. The third-order valence-electron chi connectivity index (χ3n) is 2.13. The standard InChI is InChI=1S/C10H9N5O3S/c16-8(11-4-9(17)18)5-15-2-1-7(3-13-15)10-12-6-19-14-10/h1-3,6H,4-5H2,(H-,11,16,17,18)/p+1. The van der Waals surface area contributed by atoms with Gasteiger partial charge in [-0.1, -0.05) is 4.68 Å². The van der Waals surface area contributed by atoms with E-state index in [4.69, 9.17) is 5.11 Å². The van der Waals surface area contributed by atoms with Gasteiger partial charge in [-0.15, -0.1) is 0 Å². The number of hydrogen-bond donors (Lipinski definition) is 2. The molecule has 2 heterocycles. The van der Waals surface area contributed by atoms with Crippen molar-refractivity contribution in [2.45, 2.75) is 6.54 Å². The molecule has 2 rings (SSSR count). The molecule has 0 saturated carbocycles. The average Bonchev–Trinajstić information content (AvgIpc) is 2.91. The first-order valence-electron chi connectivity index (χ1n) is 5.26. The first kappa shape index (κ1) is 13.0. The minimum absolute atomic E-state index is 0.0436. The van der Waals surface area contributed by atoms with Gasteiger partial charge in [0.2, 0.25) is 0 Å². The monoisotopic (exact) mass is 280 g/mol. The zero-order valence-electron chi connectivity index (χ0n) is 9.68. The molecule has 2 aromatic heterocycles. The molecule has 0 aliphatic carbocycles. The minimum atomic E-state index is -1.09. The molecule has 0 atom stereocenters. The van der Waals surface area contributed by atoms with Crippen molar-refractivity contribution < 1.29 is 19.4 Å². The summed E-state index contributed by atoms with van der Waals surface area (Å²) in [5, 5.41) is 14.7. The van der Waals surface area contributed by atoms with Gasteiger partial charge in [-0.2, -0.15) is 4.37 Å². The zero-order chi connectivity index (χ0) is 13.7. The van der Waals surface area contributed by atoms with Crippen LogP contribution in [0.1, 0.15) is 0 Å². The maximum atomic E-state index is 11.4. The Balaban J connectivity index is 1.95. The van der Waals surface area contributed by atoms with E-state index in [0.717, 1.165) is 5.56 Å². The number of carbonyl (C=O) groups excluding carboxylic acids is 1. The van der Waals surface area contributed by atoms with Crippen molar-refractivity contribution in [1.29, 1.82) is 0 Å². The number of hydrogen-bond acceptors (Lipinski definition) is 6. The highest BCUT2D eigenvalue weighted by molar-refractivity contribution is 7.03. The van der Waals surface area contributed by atoms with Crippen LogP contribution in [0.5, 0.6) is 0 Å². The summed E-state index contributed by atoms with van der Waals surface area (Å²) in [6, 6.07) is 1.74. The van der Waals surface area contributed by atoms with Crippen LogP contribution in [0, 0.1) is 0 Å². The highest BCUT2D eigenvalue weighted by Crippen LogP contribution is 2.11. The lowest BCUT2D eigenvalue weighted by molar-refractivity contribution is -0.742. The first-order chi connectivity index (χ1) is 9.15. The van der Waals surface area contributed by atoms with E-state index in [9.17, 15) is 9.59 Å². The summed E-state index contributed by atoms with van der Waals surface area (Å²) < 4.78 is 5.46. The molecule has 1 amide bonds. The molecular weight excluding hydrogens is 270 g/mol. The molecule has 9 heteroatoms. The van der Waals surface area contributed by atoms with Crippen molar-refractivity contribution in [3.05, 3.63) is 24.0 Å². The van der Waals surface area contributed by atoms with Gasteiger partial charge in [0.15, 0.2) is 12.0 Å². The van der Waals surface area contributed by atoms with Crippen molar-refractivity contribution in [2.24, 2.45) is 0 Å². The van der Waals surface area contributed by atoms with Crippen LogP contribution >= 0.6 is 11.5 Å². The molecule has 0 bridgehead atoms. The molecular formula is C10H10N5O3S+. The maximum absolute atomic E-state index is 11.4. The van der Waals surface area contributed by atoms with Gasteiger partial charge in [0.25, 0.3) is 12.5 Å². The van der Waals surface area contributed by atoms with Gasteiger partial charge in [0.05, 0.1) is 5.56 Å². The topological polar surface area (TPSA) is 109 Å². The molecule has 0 unspecified atom stereocenters. The molecule has 0 aliphatic rings. The van der Waals surface area contributed by atoms with Crippen LogP contribution < -0.4 is 10.00 Å². The van der Waals surface area contributed by atoms with Crippen LogP contribution in [0.3, 0.4) is 0 Å². The fourth-order valence-corrected chi connectivity index (χ4v) is 1.73. The molecule has 0 radical (unpaired) electrons. The van der Waals surface area contributed by atoms with Crippen LogP contribution in [0.15, 0.2) is 24.0 Å². The predicted octanol–water partition coefficient (Wildman–Crippen LogP) is -0.912. The molecule has 19 heavy (non-hydrogen) atoms. The van der Waals surface area contributed by atoms with E-state index in [-0.39, 0.29) is 6.54 Å². The van der Waals surface area contributed by atoms with Crippen LogP contribution in [0.4, 0.5) is 0 Å². The molecule has 0 spiro atoms. The zero-order valence-corrected chi connectivity index (χ0v) is 10.5. The van der Waals surface area contributed by atoms with E-state index in [1.807, 2.05) is 0 Å². The Bertz CT molecular complexity index is 569. The lowest BCUT2D eigenvalue weighted by Gasteiger charge is -1.98. The summed E-state index contributed by atoms with van der Waals surface area (Å²) in [5.74, 6) is -0.921. The summed E-state index contributed by atoms with van der Waals surface area (Å²) in [4.78, 5) is 25.7. The largest absolute Gasteiger partial charge is 0.480 e. The van der Waals surface area contributed by atoms with Crippen LogP contribution in [0.2, 0.25) is 0 Å². The lowest BCUT2D eigenvalue weighted by Crippen LogP contribution is -2.46. The Morgan fingerprint density at radius 2 is 2.32 bits per heavy atom. The Morgan fingerprint density at radius 1 is 1.47 bits per heavy atom. The number of amides is 1. The molecule has 0 fully saturated rings. The van der Waals surface area contributed by atoms with Crippen molar-refractivity contribution in [3.8, 4) is 11.4 Å². The van der Waals surface area contributed by atoms with E-state index in [1.54, 1.807) is 24.0 Å². The van der Waals surface area contributed by atoms with E-state index in [0.29, 0.717) is 5.82 Å². The van der Waals surface area contributed by atoms with Crippen molar-refractivity contribution >= 4 is 23.4 Å². The summed E-state index contributed by atoms with van der Waals surface area (Å²) in [6.07, 6.45) is 3.16. The summed E-state index contributed by atoms with van der Waals surface area (Å²) in [7, 11) is 0. The Morgan fingerprint density at radius 3 is 2.89 bits per heavy atom. The number of aromatic nitrogens is 4. The van der Waals surface area contributed by atoms with Crippen LogP contribution in [-0.4, -0.2) is 38.0 Å². The van der Waals surface area contributed by atoms with Gasteiger partial charge in [-0.05, 0) is 16.6 Å². The Labute approximate surface area is 111 Å². The summed E-state index contributed by atoms with van der Waals surface area (Å²) in [6.45, 7) is -0.446. The van der Waals surface area contributed by atoms with E-state index >= 15 is 0 Å². The number of nitrogens with one attached hydrogen (secondary N) is 1. The predicted molar refractivity (Wildman–Crippen MR) is 64.0 cm³/mol. The van der Waals surface area contributed by atoms with Crippen molar-refractivity contribution in [3.63, 3.8) is 0 Å². The second-order valence-electron chi connectivity index (χ2n) is 3.54. The van der Waals surface area contributed by atoms with Gasteiger partial charge in [0.1, 0.15) is 18.3 Å². The Hall–Kier alpha value is -2.42. The van der Waals surface area contributed by atoms with Gasteiger partial charge >= 0.3 is 5.97 Å². The minimum Gasteiger partial charge on any atom is -0.480 e. The smallest absolute Gasteiger partial charge is 0.322 e. The quantitative estimate of drug-likeness (QED) is 0.686. The molecule has 0 saturated heterocycles. The fraction of sp³-hybridized carbons (Fsp3) is 0.200. The van der Waals surface area contributed by atoms with E-state index in [2.05, 4.69) is 19.8 Å². The third-order valence-corrected chi connectivity index (χ3v) is 2.61. The van der Waals surface area contributed by atoms with Crippen molar-refractivity contribution in [2.75, 3.05) is 6.54 Å². The number of carboxylic acids is 1. The van der Waals surface area contributed by atoms with E-state index in [1.165, 1.54) is 16.2 Å². The summed E-state index contributed by atoms with van der Waals surface area (Å²) >= 11 is 1.24. The second-order valence-corrected chi connectivity index (χ2v) is 4.14. The first-order valence-corrected chi connectivity index (χ1v) is 6.10. The fourth-order valence-electron chi connectivity index (χ4n) is 1.29. The summed E-state index contributed by atoms with van der Waals surface area (Å²) in [5.41, 5.74) is 2.37. The molecule has 8 nitrogen and oxygen atoms in total. The SMILES string of the molecule is O=C(O)CNC(=O)C[n+]1ccc(-c2ncsn2)cn1. The molecule has 2 aromatic rings. The van der Waals surface area contributed by atoms with Crippen LogP contribution in [0.25, 0.3) is 11.4 Å². The van der Waals surface area contributed by atoms with Gasteiger partial charge < -0.3 is 10.4 Å². The number of rotatable bonds is 5. The molecule has 0 aromatic carbocycles. The third kappa shape index (κ3) is 3.78. The van der Waals surface area contributed by atoms with Gasteiger partial charge in [0, 0.05) is 6.07 Å². The average molecular weight is 280 g/mol. The maximum Gasteiger partial charge on any atom is 0.322 e. The van der Waals surface area contributed by atoms with Crippen molar-refractivity contribution in [1.82, 2.24) is 19.8 Å². The normalized spacial score (nSPS) is 10.1. The van der Waals surface area contributed by atoms with E-state index < -0.39 is 18.4 Å². The molecule has 98 valence electrons. The molecule has 0 aliphatic heterocycles. The number of carboxylic acid groups (broad SMARTS) is 1. The number of nitrogens with zero attached hydrogens (tertiary/aromatic N) is 4. The van der Waals surface area contributed by atoms with Gasteiger partial charge in [-0.25, -0.2) is 4.98 Å². The highest BCUT2D eigenvalue weighted by atomic mass is 32.1. The number of carbonyl (C=O) groups is 2. The Kier molecular flexibility index (Phi) is 4.08. The lowest BCUT2D eigenvalue weighted by atomic mass is 10.3. The van der Waals surface area contributed by atoms with Crippen LogP contribution in [-0.2, 0) is 16.1 Å². The number of aliphatic carboxylic acids is 1. The highest BCUT2D eigenvalue weighted by Gasteiger charge is 2.12. The van der Waals surface area contributed by atoms with Gasteiger partial charge in [-0.3, -0.25) is 9.59 Å².